The Labute approximate surface area is 241 Å². The Kier molecular flexibility index (Phi) is 11.6. The first-order chi connectivity index (χ1) is 19.9. The molecule has 0 bridgehead atoms. The average molecular weight is 567 g/mol. The second-order valence-electron chi connectivity index (χ2n) is 8.34. The molecular formula is C31H38N2O8. The van der Waals surface area contributed by atoms with E-state index in [1.54, 1.807) is 18.2 Å². The lowest BCUT2D eigenvalue weighted by atomic mass is 10.1. The topological polar surface area (TPSA) is 106 Å². The van der Waals surface area contributed by atoms with Crippen LogP contribution in [0.2, 0.25) is 0 Å². The van der Waals surface area contributed by atoms with E-state index in [9.17, 15) is 9.59 Å². The maximum atomic E-state index is 14.2. The number of amides is 2. The molecule has 0 spiro atoms. The molecule has 1 aromatic heterocycles. The standard InChI is InChI=1S/C31H38N2O8/c1-7-36-23-17-21(18-24(37-8-2)28(23)40-11-5)30(34)33(27-15-13-14-16-32-27)31(35)22-19-25(38-9-3)29(41-12-6)26(20-22)39-10-4/h13-20H,7-12H2,1-6H3. The molecule has 0 saturated heterocycles. The van der Waals surface area contributed by atoms with Crippen LogP contribution in [0.3, 0.4) is 0 Å². The highest BCUT2D eigenvalue weighted by Crippen LogP contribution is 2.41. The van der Waals surface area contributed by atoms with E-state index in [1.807, 2.05) is 41.5 Å². The molecule has 0 N–H and O–H groups in total. The van der Waals surface area contributed by atoms with Gasteiger partial charge in [-0.05, 0) is 77.9 Å². The van der Waals surface area contributed by atoms with E-state index >= 15 is 0 Å². The molecular weight excluding hydrogens is 528 g/mol. The van der Waals surface area contributed by atoms with Crippen molar-refractivity contribution in [3.63, 3.8) is 0 Å². The van der Waals surface area contributed by atoms with Gasteiger partial charge in [0.15, 0.2) is 23.0 Å². The van der Waals surface area contributed by atoms with Gasteiger partial charge in [0.25, 0.3) is 11.8 Å². The number of nitrogens with zero attached hydrogens (tertiary/aromatic N) is 2. The minimum atomic E-state index is -0.636. The maximum Gasteiger partial charge on any atom is 0.266 e. The van der Waals surface area contributed by atoms with Crippen LogP contribution < -0.4 is 33.3 Å². The van der Waals surface area contributed by atoms with Gasteiger partial charge in [0.05, 0.1) is 39.6 Å². The van der Waals surface area contributed by atoms with Crippen LogP contribution in [0.15, 0.2) is 48.7 Å². The van der Waals surface area contributed by atoms with E-state index in [0.29, 0.717) is 74.1 Å². The number of imide groups is 1. The lowest BCUT2D eigenvalue weighted by molar-refractivity contribution is 0.0895. The summed E-state index contributed by atoms with van der Waals surface area (Å²) >= 11 is 0. The molecule has 0 fully saturated rings. The summed E-state index contributed by atoms with van der Waals surface area (Å²) in [7, 11) is 0. The van der Waals surface area contributed by atoms with Crippen LogP contribution in [0, 0.1) is 0 Å². The number of carbonyl (C=O) groups is 2. The fourth-order valence-electron chi connectivity index (χ4n) is 4.07. The fraction of sp³-hybridized carbons (Fsp3) is 0.387. The van der Waals surface area contributed by atoms with Gasteiger partial charge in [-0.3, -0.25) is 9.59 Å². The average Bonchev–Trinajstić information content (AvgIpc) is 2.97. The van der Waals surface area contributed by atoms with Gasteiger partial charge >= 0.3 is 0 Å². The Hall–Kier alpha value is -4.47. The molecule has 2 aromatic carbocycles. The van der Waals surface area contributed by atoms with Crippen molar-refractivity contribution in [2.45, 2.75) is 41.5 Å². The molecule has 220 valence electrons. The predicted octanol–water partition coefficient (Wildman–Crippen LogP) is 5.96. The van der Waals surface area contributed by atoms with Gasteiger partial charge in [0.1, 0.15) is 5.82 Å². The highest BCUT2D eigenvalue weighted by Gasteiger charge is 2.31. The number of hydrogen-bond acceptors (Lipinski definition) is 9. The lowest BCUT2D eigenvalue weighted by Crippen LogP contribution is -2.37. The van der Waals surface area contributed by atoms with Crippen LogP contribution in [0.1, 0.15) is 62.3 Å². The van der Waals surface area contributed by atoms with Gasteiger partial charge in [0, 0.05) is 17.3 Å². The quantitative estimate of drug-likeness (QED) is 0.206. The molecule has 3 aromatic rings. The molecule has 2 amide bonds. The van der Waals surface area contributed by atoms with Crippen LogP contribution in [0.4, 0.5) is 5.82 Å². The van der Waals surface area contributed by atoms with E-state index in [2.05, 4.69) is 4.98 Å². The Morgan fingerprint density at radius 3 is 1.24 bits per heavy atom. The first-order valence-corrected chi connectivity index (χ1v) is 13.9. The third-order valence-electron chi connectivity index (χ3n) is 5.60. The second-order valence-corrected chi connectivity index (χ2v) is 8.34. The molecule has 0 atom stereocenters. The summed E-state index contributed by atoms with van der Waals surface area (Å²) in [5, 5.41) is 0. The van der Waals surface area contributed by atoms with Crippen LogP contribution in [-0.4, -0.2) is 56.4 Å². The maximum absolute atomic E-state index is 14.2. The molecule has 1 heterocycles. The van der Waals surface area contributed by atoms with Crippen LogP contribution >= 0.6 is 0 Å². The minimum Gasteiger partial charge on any atom is -0.490 e. The largest absolute Gasteiger partial charge is 0.490 e. The van der Waals surface area contributed by atoms with Gasteiger partial charge in [-0.25, -0.2) is 9.88 Å². The smallest absolute Gasteiger partial charge is 0.266 e. The van der Waals surface area contributed by atoms with Crippen molar-refractivity contribution in [2.24, 2.45) is 0 Å². The molecule has 10 nitrogen and oxygen atoms in total. The number of ether oxygens (including phenoxy) is 6. The van der Waals surface area contributed by atoms with Gasteiger partial charge in [-0.2, -0.15) is 0 Å². The first-order valence-electron chi connectivity index (χ1n) is 13.9. The van der Waals surface area contributed by atoms with Gasteiger partial charge in [-0.15, -0.1) is 0 Å². The zero-order valence-electron chi connectivity index (χ0n) is 24.5. The van der Waals surface area contributed by atoms with Gasteiger partial charge in [0.2, 0.25) is 11.5 Å². The zero-order chi connectivity index (χ0) is 29.8. The third-order valence-corrected chi connectivity index (χ3v) is 5.60. The number of hydrogen-bond donors (Lipinski definition) is 0. The van der Waals surface area contributed by atoms with Crippen molar-refractivity contribution in [2.75, 3.05) is 44.5 Å². The SMILES string of the molecule is CCOc1cc(C(=O)N(C(=O)c2cc(OCC)c(OCC)c(OCC)c2)c2ccccn2)cc(OCC)c1OCC. The molecule has 0 unspecified atom stereocenters. The summed E-state index contributed by atoms with van der Waals surface area (Å²) in [6.07, 6.45) is 1.51. The van der Waals surface area contributed by atoms with Crippen molar-refractivity contribution in [3.05, 3.63) is 59.8 Å². The van der Waals surface area contributed by atoms with Gasteiger partial charge in [-0.1, -0.05) is 6.07 Å². The Balaban J connectivity index is 2.20. The highest BCUT2D eigenvalue weighted by molar-refractivity contribution is 6.25. The number of anilines is 1. The summed E-state index contributed by atoms with van der Waals surface area (Å²) < 4.78 is 34.7. The number of carbonyl (C=O) groups excluding carboxylic acids is 2. The highest BCUT2D eigenvalue weighted by atomic mass is 16.5. The zero-order valence-corrected chi connectivity index (χ0v) is 24.5. The van der Waals surface area contributed by atoms with Crippen molar-refractivity contribution in [3.8, 4) is 34.5 Å². The Bertz CT molecular complexity index is 1180. The van der Waals surface area contributed by atoms with Crippen LogP contribution in [0.25, 0.3) is 0 Å². The molecule has 0 radical (unpaired) electrons. The Morgan fingerprint density at radius 2 is 0.951 bits per heavy atom. The monoisotopic (exact) mass is 566 g/mol. The summed E-state index contributed by atoms with van der Waals surface area (Å²) in [5.41, 5.74) is 0.306. The Morgan fingerprint density at radius 1 is 0.585 bits per heavy atom. The number of aromatic nitrogens is 1. The van der Waals surface area contributed by atoms with Crippen LogP contribution in [0.5, 0.6) is 34.5 Å². The number of pyridine rings is 1. The molecule has 0 aliphatic carbocycles. The minimum absolute atomic E-state index is 0.136. The predicted molar refractivity (Wildman–Crippen MR) is 155 cm³/mol. The summed E-state index contributed by atoms with van der Waals surface area (Å²) in [5.74, 6) is 0.955. The normalized spacial score (nSPS) is 10.5. The van der Waals surface area contributed by atoms with Crippen molar-refractivity contribution in [1.82, 2.24) is 4.98 Å². The van der Waals surface area contributed by atoms with E-state index in [-0.39, 0.29) is 16.9 Å². The molecule has 0 saturated carbocycles. The summed E-state index contributed by atoms with van der Waals surface area (Å²) in [6.45, 7) is 13.1. The van der Waals surface area contributed by atoms with Gasteiger partial charge < -0.3 is 28.4 Å². The van der Waals surface area contributed by atoms with Crippen molar-refractivity contribution < 1.29 is 38.0 Å². The molecule has 41 heavy (non-hydrogen) atoms. The summed E-state index contributed by atoms with van der Waals surface area (Å²) in [6, 6.07) is 11.1. The number of benzene rings is 2. The van der Waals surface area contributed by atoms with E-state index in [4.69, 9.17) is 28.4 Å². The number of rotatable bonds is 15. The van der Waals surface area contributed by atoms with Crippen LogP contribution in [-0.2, 0) is 0 Å². The fourth-order valence-corrected chi connectivity index (χ4v) is 4.07. The molecule has 10 heteroatoms. The molecule has 3 rings (SSSR count). The summed E-state index contributed by atoms with van der Waals surface area (Å²) in [4.78, 5) is 33.6. The third kappa shape index (κ3) is 7.39. The van der Waals surface area contributed by atoms with E-state index in [0.717, 1.165) is 4.90 Å². The van der Waals surface area contributed by atoms with E-state index in [1.165, 1.54) is 30.5 Å². The van der Waals surface area contributed by atoms with Crippen molar-refractivity contribution in [1.29, 1.82) is 0 Å². The van der Waals surface area contributed by atoms with Crippen molar-refractivity contribution >= 4 is 17.6 Å². The first kappa shape index (κ1) is 31.1. The molecule has 0 aliphatic rings. The van der Waals surface area contributed by atoms with E-state index < -0.39 is 11.8 Å². The second kappa shape index (κ2) is 15.4. The molecule has 0 aliphatic heterocycles. The lowest BCUT2D eigenvalue weighted by Gasteiger charge is -2.23.